The molecule has 0 aliphatic rings. The minimum absolute atomic E-state index is 0.794. The molecule has 1 rings (SSSR count). The summed E-state index contributed by atoms with van der Waals surface area (Å²) in [6.45, 7) is 2.00. The van der Waals surface area contributed by atoms with Gasteiger partial charge in [0.25, 0.3) is 0 Å². The molecule has 0 saturated heterocycles. The van der Waals surface area contributed by atoms with Gasteiger partial charge in [0.05, 0.1) is 5.69 Å². The van der Waals surface area contributed by atoms with Gasteiger partial charge >= 0.3 is 0 Å². The van der Waals surface area contributed by atoms with E-state index >= 15 is 0 Å². The van der Waals surface area contributed by atoms with E-state index in [1.807, 2.05) is 31.2 Å². The van der Waals surface area contributed by atoms with Crippen LogP contribution in [0.2, 0.25) is 0 Å². The normalized spacial score (nSPS) is 10.5. The van der Waals surface area contributed by atoms with Crippen LogP contribution in [0.25, 0.3) is 0 Å². The van der Waals surface area contributed by atoms with E-state index in [0.29, 0.717) is 0 Å². The first kappa shape index (κ1) is 6.74. The summed E-state index contributed by atoms with van der Waals surface area (Å²) in [7, 11) is 0. The van der Waals surface area contributed by atoms with Gasteiger partial charge in [-0.25, -0.2) is 0 Å². The van der Waals surface area contributed by atoms with Crippen molar-refractivity contribution in [3.63, 3.8) is 0 Å². The Morgan fingerprint density at radius 1 is 1.40 bits per heavy atom. The molecule has 1 aromatic rings. The van der Waals surface area contributed by atoms with Crippen LogP contribution < -0.4 is 5.84 Å². The van der Waals surface area contributed by atoms with E-state index in [1.165, 1.54) is 0 Å². The smallest absolute Gasteiger partial charge is 0.0876 e. The predicted molar refractivity (Wildman–Crippen MR) is 39.9 cm³/mol. The van der Waals surface area contributed by atoms with Crippen molar-refractivity contribution in [1.82, 2.24) is 0 Å². The molecule has 0 heterocycles. The van der Waals surface area contributed by atoms with Crippen LogP contribution in [-0.4, -0.2) is 0 Å². The average molecular weight is 135 g/mol. The molecule has 0 radical (unpaired) electrons. The van der Waals surface area contributed by atoms with Gasteiger partial charge in [0, 0.05) is 0 Å². The van der Waals surface area contributed by atoms with Gasteiger partial charge < -0.3 is 5.84 Å². The lowest BCUT2D eigenvalue weighted by atomic mass is 10.2. The number of nitrogens with zero attached hydrogens (tertiary/aromatic N) is 2. The molecule has 2 N–H and O–H groups in total. The fourth-order valence-corrected chi connectivity index (χ4v) is 0.757. The number of aryl methyl sites for hydroxylation is 1. The fraction of sp³-hybridized carbons (Fsp3) is 0.143. The van der Waals surface area contributed by atoms with Gasteiger partial charge in [0.15, 0.2) is 0 Å². The quantitative estimate of drug-likeness (QED) is 0.357. The second kappa shape index (κ2) is 2.96. The summed E-state index contributed by atoms with van der Waals surface area (Å²) >= 11 is 0. The molecule has 0 atom stereocenters. The monoisotopic (exact) mass is 135 g/mol. The molecule has 0 bridgehead atoms. The van der Waals surface area contributed by atoms with Gasteiger partial charge in [-0.15, -0.1) is 5.11 Å². The van der Waals surface area contributed by atoms with Crippen LogP contribution >= 0.6 is 0 Å². The van der Waals surface area contributed by atoms with E-state index < -0.39 is 0 Å². The summed E-state index contributed by atoms with van der Waals surface area (Å²) in [4.78, 5) is 0. The van der Waals surface area contributed by atoms with Crippen molar-refractivity contribution in [2.45, 2.75) is 6.92 Å². The van der Waals surface area contributed by atoms with Gasteiger partial charge in [-0.3, -0.25) is 0 Å². The molecule has 3 heteroatoms. The van der Waals surface area contributed by atoms with Crippen molar-refractivity contribution in [3.05, 3.63) is 29.8 Å². The summed E-state index contributed by atoms with van der Waals surface area (Å²) < 4.78 is 0. The van der Waals surface area contributed by atoms with Gasteiger partial charge in [0.1, 0.15) is 0 Å². The van der Waals surface area contributed by atoms with E-state index in [9.17, 15) is 0 Å². The molecule has 0 unspecified atom stereocenters. The molecule has 52 valence electrons. The standard InChI is InChI=1S/C7H9N3/c1-6-3-2-4-7(5-6)9-10-8/h2-5H,1H3,(H2,8,9). The topological polar surface area (TPSA) is 50.7 Å². The first-order chi connectivity index (χ1) is 4.83. The Bertz CT molecular complexity index is 242. The maximum atomic E-state index is 4.87. The van der Waals surface area contributed by atoms with E-state index in [-0.39, 0.29) is 0 Å². The molecule has 0 aliphatic carbocycles. The van der Waals surface area contributed by atoms with Crippen LogP contribution in [0.5, 0.6) is 0 Å². The van der Waals surface area contributed by atoms with Crippen molar-refractivity contribution >= 4 is 5.69 Å². The van der Waals surface area contributed by atoms with Crippen molar-refractivity contribution in [3.8, 4) is 0 Å². The Kier molecular flexibility index (Phi) is 1.99. The Morgan fingerprint density at radius 3 is 2.80 bits per heavy atom. The van der Waals surface area contributed by atoms with E-state index in [0.717, 1.165) is 11.3 Å². The zero-order chi connectivity index (χ0) is 7.40. The zero-order valence-corrected chi connectivity index (χ0v) is 5.78. The fourth-order valence-electron chi connectivity index (χ4n) is 0.757. The van der Waals surface area contributed by atoms with Crippen molar-refractivity contribution in [2.24, 2.45) is 16.2 Å². The second-order valence-electron chi connectivity index (χ2n) is 2.05. The summed E-state index contributed by atoms with van der Waals surface area (Å²) in [5.41, 5.74) is 1.95. The molecule has 3 nitrogen and oxygen atoms in total. The molecule has 0 fully saturated rings. The minimum atomic E-state index is 0.794. The van der Waals surface area contributed by atoms with Crippen LogP contribution in [0.1, 0.15) is 5.56 Å². The molecular formula is C7H9N3. The van der Waals surface area contributed by atoms with Crippen molar-refractivity contribution < 1.29 is 0 Å². The molecule has 0 saturated carbocycles. The Labute approximate surface area is 59.6 Å². The molecule has 10 heavy (non-hydrogen) atoms. The number of benzene rings is 1. The van der Waals surface area contributed by atoms with E-state index in [2.05, 4.69) is 10.3 Å². The van der Waals surface area contributed by atoms with Crippen molar-refractivity contribution in [2.75, 3.05) is 0 Å². The van der Waals surface area contributed by atoms with Crippen LogP contribution in [-0.2, 0) is 0 Å². The molecule has 0 amide bonds. The number of nitrogens with two attached hydrogens (primary N) is 1. The van der Waals surface area contributed by atoms with Crippen LogP contribution in [0.15, 0.2) is 34.6 Å². The molecule has 0 aliphatic heterocycles. The minimum Gasteiger partial charge on any atom is -0.305 e. The second-order valence-corrected chi connectivity index (χ2v) is 2.05. The highest BCUT2D eigenvalue weighted by molar-refractivity contribution is 5.38. The van der Waals surface area contributed by atoms with Crippen LogP contribution in [0, 0.1) is 6.92 Å². The summed E-state index contributed by atoms with van der Waals surface area (Å²) in [5.74, 6) is 4.87. The Hall–Kier alpha value is -1.38. The van der Waals surface area contributed by atoms with Crippen LogP contribution in [0.4, 0.5) is 5.69 Å². The van der Waals surface area contributed by atoms with Crippen molar-refractivity contribution in [1.29, 1.82) is 0 Å². The summed E-state index contributed by atoms with van der Waals surface area (Å²) in [6, 6.07) is 7.68. The third-order valence-corrected chi connectivity index (χ3v) is 1.17. The lowest BCUT2D eigenvalue weighted by molar-refractivity contribution is 1.06. The third kappa shape index (κ3) is 1.55. The van der Waals surface area contributed by atoms with Gasteiger partial charge in [-0.1, -0.05) is 17.4 Å². The first-order valence-corrected chi connectivity index (χ1v) is 3.00. The maximum Gasteiger partial charge on any atom is 0.0876 e. The van der Waals surface area contributed by atoms with Gasteiger partial charge in [-0.05, 0) is 24.6 Å². The largest absolute Gasteiger partial charge is 0.305 e. The average Bonchev–Trinajstić information content (AvgIpc) is 1.88. The Balaban J connectivity index is 2.95. The number of hydrogen-bond donors (Lipinski definition) is 1. The highest BCUT2D eigenvalue weighted by Gasteiger charge is 1.86. The molecule has 0 spiro atoms. The van der Waals surface area contributed by atoms with Gasteiger partial charge in [0.2, 0.25) is 0 Å². The predicted octanol–water partition coefficient (Wildman–Crippen LogP) is 1.95. The van der Waals surface area contributed by atoms with E-state index in [1.54, 1.807) is 0 Å². The van der Waals surface area contributed by atoms with Gasteiger partial charge in [-0.2, -0.15) is 0 Å². The maximum absolute atomic E-state index is 4.87. The third-order valence-electron chi connectivity index (χ3n) is 1.17. The molecule has 1 aromatic carbocycles. The first-order valence-electron chi connectivity index (χ1n) is 3.00. The molecular weight excluding hydrogens is 126 g/mol. The van der Waals surface area contributed by atoms with Crippen LogP contribution in [0.3, 0.4) is 0 Å². The zero-order valence-electron chi connectivity index (χ0n) is 5.78. The SMILES string of the molecule is Cc1cccc(N=NN)c1. The highest BCUT2D eigenvalue weighted by atomic mass is 15.3. The lowest BCUT2D eigenvalue weighted by Gasteiger charge is -1.91. The summed E-state index contributed by atoms with van der Waals surface area (Å²) in [6.07, 6.45) is 0. The number of rotatable bonds is 1. The van der Waals surface area contributed by atoms with E-state index in [4.69, 9.17) is 5.84 Å². The Morgan fingerprint density at radius 2 is 2.20 bits per heavy atom. The number of hydrogen-bond acceptors (Lipinski definition) is 2. The highest BCUT2D eigenvalue weighted by Crippen LogP contribution is 2.12. The lowest BCUT2D eigenvalue weighted by Crippen LogP contribution is -1.74. The summed E-state index contributed by atoms with van der Waals surface area (Å²) in [5, 5.41) is 6.84. The molecule has 0 aromatic heterocycles.